The third kappa shape index (κ3) is 6.22. The Morgan fingerprint density at radius 1 is 1.14 bits per heavy atom. The molecule has 2 aromatic rings. The van der Waals surface area contributed by atoms with Gasteiger partial charge in [0.15, 0.2) is 6.61 Å². The van der Waals surface area contributed by atoms with Crippen molar-refractivity contribution < 1.29 is 23.9 Å². The molecule has 0 bridgehead atoms. The first kappa shape index (κ1) is 22.2. The third-order valence-electron chi connectivity index (χ3n) is 4.19. The van der Waals surface area contributed by atoms with Gasteiger partial charge in [-0.15, -0.1) is 0 Å². The third-order valence-corrected chi connectivity index (χ3v) is 4.42. The molecule has 2 aromatic carbocycles. The number of aryl methyl sites for hydroxylation is 1. The van der Waals surface area contributed by atoms with E-state index in [1.54, 1.807) is 49.4 Å². The number of carbonyl (C=O) groups is 3. The van der Waals surface area contributed by atoms with Crippen molar-refractivity contribution in [1.29, 1.82) is 0 Å². The number of para-hydroxylation sites is 1. The van der Waals surface area contributed by atoms with Gasteiger partial charge in [0.05, 0.1) is 13.7 Å². The normalized spacial score (nSPS) is 10.2. The van der Waals surface area contributed by atoms with Crippen LogP contribution in [0.2, 0.25) is 5.02 Å². The van der Waals surface area contributed by atoms with Crippen LogP contribution in [0.25, 0.3) is 0 Å². The number of likely N-dealkylation sites (N-methyl/N-ethyl adjacent to an activating group) is 1. The number of amides is 2. The van der Waals surface area contributed by atoms with Gasteiger partial charge in [0.1, 0.15) is 11.3 Å². The molecule has 2 rings (SSSR count). The monoisotopic (exact) mass is 418 g/mol. The second kappa shape index (κ2) is 10.5. The predicted molar refractivity (Wildman–Crippen MR) is 110 cm³/mol. The predicted octanol–water partition coefficient (Wildman–Crippen LogP) is 3.30. The molecule has 0 spiro atoms. The molecule has 0 aliphatic rings. The van der Waals surface area contributed by atoms with Gasteiger partial charge in [-0.05, 0) is 43.7 Å². The molecule has 0 saturated carbocycles. The van der Waals surface area contributed by atoms with Crippen molar-refractivity contribution in [3.05, 3.63) is 58.6 Å². The summed E-state index contributed by atoms with van der Waals surface area (Å²) in [6.45, 7) is 3.48. The van der Waals surface area contributed by atoms with Crippen molar-refractivity contribution in [3.63, 3.8) is 0 Å². The van der Waals surface area contributed by atoms with E-state index < -0.39 is 5.97 Å². The summed E-state index contributed by atoms with van der Waals surface area (Å²) in [7, 11) is 1.27. The van der Waals surface area contributed by atoms with Crippen LogP contribution in [0.15, 0.2) is 42.5 Å². The number of methoxy groups -OCH3 is 1. The summed E-state index contributed by atoms with van der Waals surface area (Å²) in [6.07, 6.45) is 0. The van der Waals surface area contributed by atoms with Gasteiger partial charge in [-0.2, -0.15) is 0 Å². The largest absolute Gasteiger partial charge is 0.483 e. The zero-order valence-corrected chi connectivity index (χ0v) is 17.3. The van der Waals surface area contributed by atoms with Gasteiger partial charge in [-0.25, -0.2) is 4.79 Å². The molecule has 154 valence electrons. The first-order chi connectivity index (χ1) is 13.8. The molecule has 0 saturated heterocycles. The molecule has 1 N–H and O–H groups in total. The quantitative estimate of drug-likeness (QED) is 0.665. The van der Waals surface area contributed by atoms with Crippen LogP contribution in [0, 0.1) is 6.92 Å². The van der Waals surface area contributed by atoms with Gasteiger partial charge in [0.25, 0.3) is 5.91 Å². The number of rotatable bonds is 8. The highest BCUT2D eigenvalue weighted by Crippen LogP contribution is 2.20. The number of hydrogen-bond donors (Lipinski definition) is 1. The van der Waals surface area contributed by atoms with Crippen molar-refractivity contribution in [2.24, 2.45) is 0 Å². The summed E-state index contributed by atoms with van der Waals surface area (Å²) in [4.78, 5) is 38.0. The zero-order chi connectivity index (χ0) is 21.4. The van der Waals surface area contributed by atoms with Crippen LogP contribution in [0.1, 0.15) is 22.8 Å². The Labute approximate surface area is 174 Å². The van der Waals surface area contributed by atoms with Gasteiger partial charge in [0.2, 0.25) is 5.91 Å². The highest BCUT2D eigenvalue weighted by molar-refractivity contribution is 6.31. The number of anilines is 1. The molecule has 8 heteroatoms. The lowest BCUT2D eigenvalue weighted by molar-refractivity contribution is -0.136. The highest BCUT2D eigenvalue weighted by Gasteiger charge is 2.19. The van der Waals surface area contributed by atoms with E-state index in [9.17, 15) is 14.4 Å². The average Bonchev–Trinajstić information content (AvgIpc) is 2.72. The number of ether oxygens (including phenoxy) is 2. The summed E-state index contributed by atoms with van der Waals surface area (Å²) in [5, 5.41) is 3.26. The summed E-state index contributed by atoms with van der Waals surface area (Å²) in [6, 6.07) is 11.7. The molecular formula is C21H23ClN2O5. The van der Waals surface area contributed by atoms with E-state index in [0.29, 0.717) is 17.3 Å². The molecular weight excluding hydrogens is 396 g/mol. The summed E-state index contributed by atoms with van der Waals surface area (Å²) in [5.41, 5.74) is 1.68. The number of nitrogens with zero attached hydrogens (tertiary/aromatic N) is 1. The average molecular weight is 419 g/mol. The molecule has 0 aromatic heterocycles. The van der Waals surface area contributed by atoms with E-state index in [1.165, 1.54) is 12.0 Å². The molecule has 0 aliphatic carbocycles. The smallest absolute Gasteiger partial charge is 0.341 e. The fourth-order valence-corrected chi connectivity index (χ4v) is 2.74. The SMILES string of the molecule is CCN(CC(=O)Nc1cc(Cl)ccc1C)C(=O)COc1ccccc1C(=O)OC. The lowest BCUT2D eigenvalue weighted by Gasteiger charge is -2.21. The molecule has 0 radical (unpaired) electrons. The molecule has 0 heterocycles. The maximum atomic E-state index is 12.5. The van der Waals surface area contributed by atoms with Crippen LogP contribution in [0.3, 0.4) is 0 Å². The van der Waals surface area contributed by atoms with Crippen molar-refractivity contribution >= 4 is 35.1 Å². The number of hydrogen-bond acceptors (Lipinski definition) is 5. The van der Waals surface area contributed by atoms with Crippen LogP contribution in [-0.4, -0.2) is 49.5 Å². The first-order valence-electron chi connectivity index (χ1n) is 8.99. The molecule has 0 unspecified atom stereocenters. The lowest BCUT2D eigenvalue weighted by atomic mass is 10.2. The highest BCUT2D eigenvalue weighted by atomic mass is 35.5. The van der Waals surface area contributed by atoms with Crippen LogP contribution < -0.4 is 10.1 Å². The van der Waals surface area contributed by atoms with E-state index >= 15 is 0 Å². The minimum Gasteiger partial charge on any atom is -0.483 e. The van der Waals surface area contributed by atoms with Crippen molar-refractivity contribution in [1.82, 2.24) is 4.90 Å². The zero-order valence-electron chi connectivity index (χ0n) is 16.5. The number of carbonyl (C=O) groups excluding carboxylic acids is 3. The fraction of sp³-hybridized carbons (Fsp3) is 0.286. The van der Waals surface area contributed by atoms with Gasteiger partial charge >= 0.3 is 5.97 Å². The Morgan fingerprint density at radius 3 is 2.55 bits per heavy atom. The van der Waals surface area contributed by atoms with Crippen molar-refractivity contribution in [3.8, 4) is 5.75 Å². The molecule has 0 atom stereocenters. The first-order valence-corrected chi connectivity index (χ1v) is 9.37. The number of benzene rings is 2. The van der Waals surface area contributed by atoms with Gasteiger partial charge in [0, 0.05) is 17.3 Å². The lowest BCUT2D eigenvalue weighted by Crippen LogP contribution is -2.40. The Morgan fingerprint density at radius 2 is 1.86 bits per heavy atom. The van der Waals surface area contributed by atoms with Crippen molar-refractivity contribution in [2.45, 2.75) is 13.8 Å². The standard InChI is InChI=1S/C21H23ClN2O5/c1-4-24(12-19(25)23-17-11-15(22)10-9-14(17)2)20(26)13-29-18-8-6-5-7-16(18)21(27)28-3/h5-11H,4,12-13H2,1-3H3,(H,23,25). The Bertz CT molecular complexity index is 900. The van der Waals surface area contributed by atoms with Crippen molar-refractivity contribution in [2.75, 3.05) is 32.1 Å². The van der Waals surface area contributed by atoms with E-state index in [-0.39, 0.29) is 36.3 Å². The Hall–Kier alpha value is -3.06. The van der Waals surface area contributed by atoms with Crippen LogP contribution in [0.5, 0.6) is 5.75 Å². The summed E-state index contributed by atoms with van der Waals surface area (Å²) >= 11 is 5.96. The van der Waals surface area contributed by atoms with Gasteiger partial charge < -0.3 is 19.7 Å². The summed E-state index contributed by atoms with van der Waals surface area (Å²) in [5.74, 6) is -1.05. The van der Waals surface area contributed by atoms with E-state index in [0.717, 1.165) is 5.56 Å². The second-order valence-electron chi connectivity index (χ2n) is 6.19. The topological polar surface area (TPSA) is 84.9 Å². The molecule has 0 aliphatic heterocycles. The van der Waals surface area contributed by atoms with Crippen LogP contribution in [0.4, 0.5) is 5.69 Å². The Balaban J connectivity index is 1.98. The van der Waals surface area contributed by atoms with Gasteiger partial charge in [-0.3, -0.25) is 9.59 Å². The maximum Gasteiger partial charge on any atom is 0.341 e. The molecule has 2 amide bonds. The molecule has 0 fully saturated rings. The number of halogens is 1. The minimum atomic E-state index is -0.559. The minimum absolute atomic E-state index is 0.136. The van der Waals surface area contributed by atoms with Crippen LogP contribution in [-0.2, 0) is 14.3 Å². The molecule has 29 heavy (non-hydrogen) atoms. The van der Waals surface area contributed by atoms with E-state index in [2.05, 4.69) is 5.32 Å². The summed E-state index contributed by atoms with van der Waals surface area (Å²) < 4.78 is 10.2. The fourth-order valence-electron chi connectivity index (χ4n) is 2.57. The second-order valence-corrected chi connectivity index (χ2v) is 6.63. The number of esters is 1. The maximum absolute atomic E-state index is 12.5. The number of nitrogens with one attached hydrogen (secondary N) is 1. The van der Waals surface area contributed by atoms with Gasteiger partial charge in [-0.1, -0.05) is 29.8 Å². The van der Waals surface area contributed by atoms with E-state index in [1.807, 2.05) is 6.92 Å². The van der Waals surface area contributed by atoms with E-state index in [4.69, 9.17) is 21.1 Å². The van der Waals surface area contributed by atoms with Crippen LogP contribution >= 0.6 is 11.6 Å². The Kier molecular flexibility index (Phi) is 8.03. The molecule has 7 nitrogen and oxygen atoms in total.